The molecule has 1 rings (SSSR count). The smallest absolute Gasteiger partial charge is 0.191 e. The molecule has 1 aliphatic rings. The summed E-state index contributed by atoms with van der Waals surface area (Å²) in [6.45, 7) is 12.1. The molecule has 1 unspecified atom stereocenters. The molecule has 138 valence electrons. The van der Waals surface area contributed by atoms with E-state index in [4.69, 9.17) is 9.73 Å². The quantitative estimate of drug-likeness (QED) is 0.304. The molecule has 0 aromatic carbocycles. The Bertz CT molecular complexity index is 317. The predicted molar refractivity (Wildman–Crippen MR) is 109 cm³/mol. The maximum atomic E-state index is 5.09. The number of halogens is 1. The molecule has 0 aromatic rings. The van der Waals surface area contributed by atoms with Crippen molar-refractivity contribution < 1.29 is 4.74 Å². The molecule has 0 spiro atoms. The summed E-state index contributed by atoms with van der Waals surface area (Å²) in [5.74, 6) is 0.936. The fourth-order valence-corrected chi connectivity index (χ4v) is 2.78. The Balaban J connectivity index is 0.00000484. The van der Waals surface area contributed by atoms with Gasteiger partial charge in [-0.25, -0.2) is 0 Å². The maximum Gasteiger partial charge on any atom is 0.191 e. The van der Waals surface area contributed by atoms with E-state index in [1.165, 1.54) is 19.4 Å². The third-order valence-corrected chi connectivity index (χ3v) is 4.17. The highest BCUT2D eigenvalue weighted by molar-refractivity contribution is 14.0. The lowest BCUT2D eigenvalue weighted by Gasteiger charge is -2.22. The monoisotopic (exact) mass is 441 g/mol. The number of nitrogens with one attached hydrogen (secondary N) is 2. The number of aliphatic imine (C=N–C) groups is 1. The number of likely N-dealkylation sites (N-methyl/N-ethyl adjacent to an activating group) is 2. The Hall–Kier alpha value is -0.120. The molecule has 1 heterocycles. The minimum Gasteiger partial charge on any atom is -0.383 e. The summed E-state index contributed by atoms with van der Waals surface area (Å²) in [7, 11) is 3.85. The lowest BCUT2D eigenvalue weighted by Crippen LogP contribution is -2.42. The van der Waals surface area contributed by atoms with Gasteiger partial charge in [-0.15, -0.1) is 24.0 Å². The molecule has 1 saturated heterocycles. The van der Waals surface area contributed by atoms with E-state index in [2.05, 4.69) is 41.3 Å². The van der Waals surface area contributed by atoms with Crippen LogP contribution >= 0.6 is 24.0 Å². The van der Waals surface area contributed by atoms with E-state index in [1.807, 2.05) is 0 Å². The van der Waals surface area contributed by atoms with Crippen LogP contribution in [0.2, 0.25) is 0 Å². The van der Waals surface area contributed by atoms with Crippen LogP contribution in [0.25, 0.3) is 0 Å². The third-order valence-electron chi connectivity index (χ3n) is 4.17. The summed E-state index contributed by atoms with van der Waals surface area (Å²) in [6.07, 6.45) is 2.58. The van der Waals surface area contributed by atoms with Gasteiger partial charge in [-0.05, 0) is 39.9 Å². The number of methoxy groups -OCH3 is 1. The molecule has 1 atom stereocenters. The number of hydrogen-bond donors (Lipinski definition) is 2. The van der Waals surface area contributed by atoms with Crippen molar-refractivity contribution in [2.45, 2.75) is 32.7 Å². The van der Waals surface area contributed by atoms with Crippen molar-refractivity contribution >= 4 is 29.9 Å². The topological polar surface area (TPSA) is 52.1 Å². The number of rotatable bonds is 10. The SMILES string of the molecule is CCNC(=NCC1CCCN1CC)NCCN(C)CCOC.I. The van der Waals surface area contributed by atoms with Crippen LogP contribution < -0.4 is 10.6 Å². The number of guanidine groups is 1. The molecule has 1 aliphatic heterocycles. The number of likely N-dealkylation sites (tertiary alicyclic amines) is 1. The fourth-order valence-electron chi connectivity index (χ4n) is 2.78. The van der Waals surface area contributed by atoms with Crippen molar-refractivity contribution in [2.75, 3.05) is 66.6 Å². The van der Waals surface area contributed by atoms with Crippen molar-refractivity contribution in [3.05, 3.63) is 0 Å². The summed E-state index contributed by atoms with van der Waals surface area (Å²) >= 11 is 0. The van der Waals surface area contributed by atoms with Crippen molar-refractivity contribution in [3.8, 4) is 0 Å². The molecule has 0 aliphatic carbocycles. The van der Waals surface area contributed by atoms with E-state index in [9.17, 15) is 0 Å². The molecule has 1 fully saturated rings. The van der Waals surface area contributed by atoms with Gasteiger partial charge in [-0.2, -0.15) is 0 Å². The van der Waals surface area contributed by atoms with Crippen LogP contribution in [0.15, 0.2) is 4.99 Å². The highest BCUT2D eigenvalue weighted by atomic mass is 127. The average molecular weight is 441 g/mol. The molecule has 0 aromatic heterocycles. The van der Waals surface area contributed by atoms with Crippen LogP contribution in [0.1, 0.15) is 26.7 Å². The van der Waals surface area contributed by atoms with Gasteiger partial charge < -0.3 is 20.3 Å². The Morgan fingerprint density at radius 3 is 2.74 bits per heavy atom. The van der Waals surface area contributed by atoms with E-state index in [-0.39, 0.29) is 24.0 Å². The van der Waals surface area contributed by atoms with Crippen molar-refractivity contribution in [2.24, 2.45) is 4.99 Å². The van der Waals surface area contributed by atoms with Crippen LogP contribution in [0.3, 0.4) is 0 Å². The van der Waals surface area contributed by atoms with Gasteiger partial charge in [0, 0.05) is 39.3 Å². The van der Waals surface area contributed by atoms with E-state index >= 15 is 0 Å². The first-order valence-electron chi connectivity index (χ1n) is 8.64. The molecule has 2 N–H and O–H groups in total. The number of hydrogen-bond acceptors (Lipinski definition) is 4. The van der Waals surface area contributed by atoms with Gasteiger partial charge in [0.2, 0.25) is 0 Å². The van der Waals surface area contributed by atoms with E-state index in [0.29, 0.717) is 6.04 Å². The van der Waals surface area contributed by atoms with Crippen molar-refractivity contribution in [1.29, 1.82) is 0 Å². The zero-order valence-corrected chi connectivity index (χ0v) is 17.6. The molecule has 0 bridgehead atoms. The van der Waals surface area contributed by atoms with Crippen LogP contribution in [0.4, 0.5) is 0 Å². The second-order valence-electron chi connectivity index (χ2n) is 5.87. The molecular weight excluding hydrogens is 405 g/mol. The normalized spacial score (nSPS) is 19.0. The molecule has 0 radical (unpaired) electrons. The summed E-state index contributed by atoms with van der Waals surface area (Å²) in [4.78, 5) is 9.56. The molecular formula is C16H36IN5O. The largest absolute Gasteiger partial charge is 0.383 e. The molecule has 23 heavy (non-hydrogen) atoms. The van der Waals surface area contributed by atoms with Crippen LogP contribution in [0, 0.1) is 0 Å². The zero-order valence-electron chi connectivity index (χ0n) is 15.3. The molecule has 6 nitrogen and oxygen atoms in total. The fraction of sp³-hybridized carbons (Fsp3) is 0.938. The Morgan fingerprint density at radius 1 is 1.30 bits per heavy atom. The Kier molecular flexibility index (Phi) is 14.2. The maximum absolute atomic E-state index is 5.09. The first kappa shape index (κ1) is 22.9. The second kappa shape index (κ2) is 14.2. The van der Waals surface area contributed by atoms with E-state index in [0.717, 1.165) is 51.8 Å². The van der Waals surface area contributed by atoms with Gasteiger partial charge in [0.25, 0.3) is 0 Å². The van der Waals surface area contributed by atoms with Crippen LogP contribution in [-0.2, 0) is 4.74 Å². The molecule has 0 saturated carbocycles. The van der Waals surface area contributed by atoms with Gasteiger partial charge in [0.1, 0.15) is 0 Å². The van der Waals surface area contributed by atoms with Crippen molar-refractivity contribution in [1.82, 2.24) is 20.4 Å². The average Bonchev–Trinajstić information content (AvgIpc) is 2.98. The Morgan fingerprint density at radius 2 is 2.09 bits per heavy atom. The second-order valence-corrected chi connectivity index (χ2v) is 5.87. The van der Waals surface area contributed by atoms with Crippen LogP contribution in [0.5, 0.6) is 0 Å². The van der Waals surface area contributed by atoms with Gasteiger partial charge in [-0.1, -0.05) is 6.92 Å². The minimum absolute atomic E-state index is 0. The number of nitrogens with zero attached hydrogens (tertiary/aromatic N) is 3. The van der Waals surface area contributed by atoms with E-state index in [1.54, 1.807) is 7.11 Å². The van der Waals surface area contributed by atoms with Gasteiger partial charge in [0.15, 0.2) is 5.96 Å². The van der Waals surface area contributed by atoms with E-state index < -0.39 is 0 Å². The summed E-state index contributed by atoms with van der Waals surface area (Å²) in [5, 5.41) is 6.76. The standard InChI is InChI=1S/C16H35N5O.HI/c1-5-17-16(18-9-11-20(3)12-13-22-4)19-14-15-8-7-10-21(15)6-2;/h15H,5-14H2,1-4H3,(H2,17,18,19);1H. The number of ether oxygens (including phenoxy) is 1. The Labute approximate surface area is 159 Å². The highest BCUT2D eigenvalue weighted by Gasteiger charge is 2.22. The molecule has 7 heteroatoms. The van der Waals surface area contributed by atoms with Crippen molar-refractivity contribution in [3.63, 3.8) is 0 Å². The summed E-state index contributed by atoms with van der Waals surface area (Å²) in [6, 6.07) is 0.616. The summed E-state index contributed by atoms with van der Waals surface area (Å²) < 4.78 is 5.09. The van der Waals surface area contributed by atoms with Gasteiger partial charge in [0.05, 0.1) is 13.2 Å². The predicted octanol–water partition coefficient (Wildman–Crippen LogP) is 1.22. The minimum atomic E-state index is 0. The third kappa shape index (κ3) is 9.69. The van der Waals surface area contributed by atoms with Crippen LogP contribution in [-0.4, -0.2) is 88.4 Å². The van der Waals surface area contributed by atoms with Gasteiger partial charge in [-0.3, -0.25) is 9.89 Å². The first-order chi connectivity index (χ1) is 10.7. The lowest BCUT2D eigenvalue weighted by molar-refractivity contribution is 0.162. The zero-order chi connectivity index (χ0) is 16.2. The highest BCUT2D eigenvalue weighted by Crippen LogP contribution is 2.16. The van der Waals surface area contributed by atoms with Gasteiger partial charge >= 0.3 is 0 Å². The molecule has 0 amide bonds. The lowest BCUT2D eigenvalue weighted by atomic mass is 10.2. The summed E-state index contributed by atoms with van der Waals surface area (Å²) in [5.41, 5.74) is 0. The first-order valence-corrected chi connectivity index (χ1v) is 8.64.